The lowest BCUT2D eigenvalue weighted by Gasteiger charge is -2.47. The number of hydrogen-bond donors (Lipinski definition) is 1. The van der Waals surface area contributed by atoms with Gasteiger partial charge in [0.05, 0.1) is 24.4 Å². The van der Waals surface area contributed by atoms with Gasteiger partial charge in [0.2, 0.25) is 0 Å². The first kappa shape index (κ1) is 26.0. The highest BCUT2D eigenvalue weighted by molar-refractivity contribution is 4.91. The average molecular weight is 463 g/mol. The summed E-state index contributed by atoms with van der Waals surface area (Å²) in [4.78, 5) is 0. The van der Waals surface area contributed by atoms with E-state index in [9.17, 15) is 5.11 Å². The van der Waals surface area contributed by atoms with E-state index >= 15 is 0 Å². The van der Waals surface area contributed by atoms with Gasteiger partial charge >= 0.3 is 0 Å². The van der Waals surface area contributed by atoms with Gasteiger partial charge in [0, 0.05) is 7.11 Å². The molecular weight excluding hydrogens is 408 g/mol. The van der Waals surface area contributed by atoms with Gasteiger partial charge in [-0.05, 0) is 125 Å². The van der Waals surface area contributed by atoms with Gasteiger partial charge in [-0.2, -0.15) is 0 Å². The van der Waals surface area contributed by atoms with E-state index in [0.717, 1.165) is 17.8 Å². The van der Waals surface area contributed by atoms with Gasteiger partial charge < -0.3 is 14.6 Å². The van der Waals surface area contributed by atoms with Crippen molar-refractivity contribution in [2.45, 2.75) is 148 Å². The third-order valence-corrected chi connectivity index (χ3v) is 10.9. The summed E-state index contributed by atoms with van der Waals surface area (Å²) in [6, 6.07) is 0. The van der Waals surface area contributed by atoms with E-state index in [1.165, 1.54) is 103 Å². The Kier molecular flexibility index (Phi) is 9.24. The molecule has 4 fully saturated rings. The molecular formula is C30H54O3. The lowest BCUT2D eigenvalue weighted by Crippen LogP contribution is -2.40. The molecule has 1 unspecified atom stereocenters. The highest BCUT2D eigenvalue weighted by Gasteiger charge is 2.41. The fraction of sp³-hybridized carbons (Fsp3) is 1.00. The molecule has 0 aromatic carbocycles. The molecule has 1 atom stereocenters. The minimum absolute atomic E-state index is 0.0601. The molecule has 33 heavy (non-hydrogen) atoms. The first-order valence-electron chi connectivity index (χ1n) is 14.7. The van der Waals surface area contributed by atoms with Gasteiger partial charge in [-0.1, -0.05) is 33.6 Å². The summed E-state index contributed by atoms with van der Waals surface area (Å²) < 4.78 is 12.3. The first-order chi connectivity index (χ1) is 15.9. The third kappa shape index (κ3) is 6.56. The van der Waals surface area contributed by atoms with Crippen molar-refractivity contribution in [3.8, 4) is 0 Å². The Morgan fingerprint density at radius 1 is 0.606 bits per heavy atom. The number of aliphatic hydroxyl groups is 1. The summed E-state index contributed by atoms with van der Waals surface area (Å²) in [6.45, 7) is 7.47. The van der Waals surface area contributed by atoms with Gasteiger partial charge in [-0.3, -0.25) is 0 Å². The number of aliphatic hydroxyl groups excluding tert-OH is 1. The van der Waals surface area contributed by atoms with Gasteiger partial charge in [0.1, 0.15) is 0 Å². The van der Waals surface area contributed by atoms with E-state index in [1.807, 2.05) is 7.11 Å². The zero-order valence-electron chi connectivity index (χ0n) is 22.3. The minimum Gasteiger partial charge on any atom is -0.393 e. The van der Waals surface area contributed by atoms with E-state index in [4.69, 9.17) is 9.47 Å². The molecule has 4 aliphatic rings. The molecule has 0 amide bonds. The van der Waals surface area contributed by atoms with Crippen molar-refractivity contribution < 1.29 is 14.6 Å². The van der Waals surface area contributed by atoms with Gasteiger partial charge in [0.15, 0.2) is 0 Å². The maximum atomic E-state index is 11.0. The molecule has 0 saturated heterocycles. The predicted molar refractivity (Wildman–Crippen MR) is 136 cm³/mol. The van der Waals surface area contributed by atoms with E-state index < -0.39 is 0 Å². The van der Waals surface area contributed by atoms with Gasteiger partial charge in [0.25, 0.3) is 0 Å². The van der Waals surface area contributed by atoms with Crippen LogP contribution in [-0.4, -0.2) is 36.6 Å². The number of methoxy groups -OCH3 is 1. The van der Waals surface area contributed by atoms with Crippen molar-refractivity contribution in [3.05, 3.63) is 0 Å². The van der Waals surface area contributed by atoms with Gasteiger partial charge in [-0.25, -0.2) is 0 Å². The SMILES string of the molecule is COC1CCC(C(C)(C)C2CCC(OC3CCC(C(O)C4CCC(C)CC4)CC3)CC2)CC1. The summed E-state index contributed by atoms with van der Waals surface area (Å²) >= 11 is 0. The van der Waals surface area contributed by atoms with Crippen molar-refractivity contribution in [1.29, 1.82) is 0 Å². The second-order valence-electron chi connectivity index (χ2n) is 13.2. The van der Waals surface area contributed by atoms with Crippen LogP contribution >= 0.6 is 0 Å². The number of ether oxygens (including phenoxy) is 2. The van der Waals surface area contributed by atoms with E-state index in [2.05, 4.69) is 20.8 Å². The summed E-state index contributed by atoms with van der Waals surface area (Å²) in [5.41, 5.74) is 0.453. The number of rotatable bonds is 7. The van der Waals surface area contributed by atoms with Crippen LogP contribution in [0.5, 0.6) is 0 Å². The lowest BCUT2D eigenvalue weighted by molar-refractivity contribution is -0.0813. The van der Waals surface area contributed by atoms with Crippen molar-refractivity contribution in [2.75, 3.05) is 7.11 Å². The molecule has 4 saturated carbocycles. The summed E-state index contributed by atoms with van der Waals surface area (Å²) in [7, 11) is 1.88. The smallest absolute Gasteiger partial charge is 0.0596 e. The first-order valence-corrected chi connectivity index (χ1v) is 14.7. The van der Waals surface area contributed by atoms with E-state index in [1.54, 1.807) is 0 Å². The second kappa shape index (κ2) is 11.7. The molecule has 1 N–H and O–H groups in total. The van der Waals surface area contributed by atoms with Crippen LogP contribution in [0, 0.1) is 35.0 Å². The Morgan fingerprint density at radius 3 is 1.45 bits per heavy atom. The lowest BCUT2D eigenvalue weighted by atomic mass is 9.60. The van der Waals surface area contributed by atoms with Crippen LogP contribution in [0.15, 0.2) is 0 Å². The molecule has 0 bridgehead atoms. The van der Waals surface area contributed by atoms with Crippen LogP contribution in [0.4, 0.5) is 0 Å². The largest absolute Gasteiger partial charge is 0.393 e. The average Bonchev–Trinajstić information content (AvgIpc) is 2.85. The molecule has 192 valence electrons. The quantitative estimate of drug-likeness (QED) is 0.425. The zero-order valence-corrected chi connectivity index (χ0v) is 22.3. The summed E-state index contributed by atoms with van der Waals surface area (Å²) in [6.07, 6.45) is 21.5. The molecule has 3 nitrogen and oxygen atoms in total. The molecule has 4 rings (SSSR count). The van der Waals surface area contributed by atoms with E-state index in [-0.39, 0.29) is 6.10 Å². The van der Waals surface area contributed by atoms with Crippen LogP contribution in [-0.2, 0) is 9.47 Å². The summed E-state index contributed by atoms with van der Waals surface area (Å²) in [5.74, 6) is 3.66. The van der Waals surface area contributed by atoms with Crippen LogP contribution in [0.25, 0.3) is 0 Å². The van der Waals surface area contributed by atoms with Crippen molar-refractivity contribution in [2.24, 2.45) is 35.0 Å². The molecule has 0 aromatic rings. The molecule has 3 heteroatoms. The van der Waals surface area contributed by atoms with E-state index in [0.29, 0.717) is 35.6 Å². The van der Waals surface area contributed by atoms with Gasteiger partial charge in [-0.15, -0.1) is 0 Å². The highest BCUT2D eigenvalue weighted by atomic mass is 16.5. The van der Waals surface area contributed by atoms with Crippen LogP contribution in [0.2, 0.25) is 0 Å². The molecule has 0 radical (unpaired) electrons. The van der Waals surface area contributed by atoms with Crippen LogP contribution < -0.4 is 0 Å². The topological polar surface area (TPSA) is 38.7 Å². The Labute approximate surface area is 204 Å². The Balaban J connectivity index is 1.16. The molecule has 4 aliphatic carbocycles. The number of hydrogen-bond acceptors (Lipinski definition) is 3. The minimum atomic E-state index is -0.0601. The predicted octanol–water partition coefficient (Wildman–Crippen LogP) is 7.54. The molecule has 0 aromatic heterocycles. The Morgan fingerprint density at radius 2 is 1.00 bits per heavy atom. The zero-order chi connectivity index (χ0) is 23.4. The maximum absolute atomic E-state index is 11.0. The Bertz CT molecular complexity index is 557. The van der Waals surface area contributed by atoms with Crippen molar-refractivity contribution in [1.82, 2.24) is 0 Å². The third-order valence-electron chi connectivity index (χ3n) is 10.9. The monoisotopic (exact) mass is 462 g/mol. The van der Waals surface area contributed by atoms with Crippen molar-refractivity contribution in [3.63, 3.8) is 0 Å². The van der Waals surface area contributed by atoms with Crippen molar-refractivity contribution >= 4 is 0 Å². The highest BCUT2D eigenvalue weighted by Crippen LogP contribution is 2.49. The molecule has 0 heterocycles. The fourth-order valence-corrected chi connectivity index (χ4v) is 8.17. The fourth-order valence-electron chi connectivity index (χ4n) is 8.17. The Hall–Kier alpha value is -0.120. The summed E-state index contributed by atoms with van der Waals surface area (Å²) in [5, 5.41) is 11.0. The second-order valence-corrected chi connectivity index (χ2v) is 13.2. The maximum Gasteiger partial charge on any atom is 0.0596 e. The van der Waals surface area contributed by atoms with Crippen LogP contribution in [0.1, 0.15) is 124 Å². The molecule has 0 aliphatic heterocycles. The molecule has 0 spiro atoms. The standard InChI is InChI=1S/C30H54O3/c1-21-5-7-22(8-6-21)29(31)23-9-15-27(16-10-23)33-28-19-13-25(14-20-28)30(2,3)24-11-17-26(32-4)18-12-24/h21-29,31H,5-20H2,1-4H3. The normalized spacial score (nSPS) is 42.1. The van der Waals surface area contributed by atoms with Crippen LogP contribution in [0.3, 0.4) is 0 Å².